The van der Waals surface area contributed by atoms with Gasteiger partial charge in [0.05, 0.1) is 12.2 Å². The molecule has 0 saturated heterocycles. The highest BCUT2D eigenvalue weighted by Crippen LogP contribution is 2.26. The average molecular weight is 396 g/mol. The van der Waals surface area contributed by atoms with E-state index in [1.807, 2.05) is 30.3 Å². The molecule has 0 N–H and O–H groups in total. The number of carbonyl (C=O) groups is 1. The van der Waals surface area contributed by atoms with Crippen molar-refractivity contribution in [3.8, 4) is 0 Å². The molecule has 3 aromatic rings. The smallest absolute Gasteiger partial charge is 0.363 e. The van der Waals surface area contributed by atoms with Crippen LogP contribution in [0.2, 0.25) is 5.15 Å². The van der Waals surface area contributed by atoms with Gasteiger partial charge in [0, 0.05) is 11.1 Å². The molecule has 2 aromatic carbocycles. The Hall–Kier alpha value is -3.25. The quantitative estimate of drug-likeness (QED) is 0.486. The highest BCUT2D eigenvalue weighted by Gasteiger charge is 2.25. The number of esters is 1. The molecule has 0 spiro atoms. The van der Waals surface area contributed by atoms with Crippen LogP contribution < -0.4 is 0 Å². The molecule has 28 heavy (non-hydrogen) atoms. The Kier molecular flexibility index (Phi) is 4.79. The summed E-state index contributed by atoms with van der Waals surface area (Å²) in [6.07, 6.45) is 1.57. The average Bonchev–Trinajstić information content (AvgIpc) is 3.19. The van der Waals surface area contributed by atoms with Gasteiger partial charge in [-0.25, -0.2) is 18.9 Å². The van der Waals surface area contributed by atoms with Crippen LogP contribution in [0, 0.1) is 12.7 Å². The van der Waals surface area contributed by atoms with Crippen LogP contribution in [0.25, 0.3) is 6.08 Å². The number of rotatable bonds is 4. The zero-order valence-electron chi connectivity index (χ0n) is 14.9. The number of nitrogens with zero attached hydrogens (tertiary/aromatic N) is 3. The lowest BCUT2D eigenvalue weighted by molar-refractivity contribution is -0.129. The summed E-state index contributed by atoms with van der Waals surface area (Å²) in [4.78, 5) is 16.5. The number of aliphatic imine (C=N–C) groups is 1. The second-order valence-electron chi connectivity index (χ2n) is 6.28. The van der Waals surface area contributed by atoms with Crippen molar-refractivity contribution in [2.45, 2.75) is 13.5 Å². The van der Waals surface area contributed by atoms with E-state index >= 15 is 0 Å². The minimum atomic E-state index is -0.541. The lowest BCUT2D eigenvalue weighted by atomic mass is 10.2. The van der Waals surface area contributed by atoms with Gasteiger partial charge in [-0.2, -0.15) is 5.10 Å². The molecule has 0 unspecified atom stereocenters. The van der Waals surface area contributed by atoms with E-state index < -0.39 is 5.97 Å². The second-order valence-corrected chi connectivity index (χ2v) is 6.63. The molecule has 0 aliphatic carbocycles. The fourth-order valence-corrected chi connectivity index (χ4v) is 3.14. The molecule has 0 fully saturated rings. The molecule has 1 aliphatic rings. The predicted octanol–water partition coefficient (Wildman–Crippen LogP) is 4.38. The van der Waals surface area contributed by atoms with Crippen molar-refractivity contribution in [2.75, 3.05) is 0 Å². The summed E-state index contributed by atoms with van der Waals surface area (Å²) in [6, 6.07) is 15.3. The van der Waals surface area contributed by atoms with Gasteiger partial charge >= 0.3 is 5.97 Å². The molecule has 0 bridgehead atoms. The largest absolute Gasteiger partial charge is 0.402 e. The van der Waals surface area contributed by atoms with Gasteiger partial charge in [-0.1, -0.05) is 41.9 Å². The van der Waals surface area contributed by atoms with Gasteiger partial charge < -0.3 is 4.74 Å². The molecule has 1 aromatic heterocycles. The summed E-state index contributed by atoms with van der Waals surface area (Å²) in [5, 5.41) is 4.78. The van der Waals surface area contributed by atoms with Gasteiger partial charge in [0.15, 0.2) is 5.70 Å². The number of aromatic nitrogens is 2. The van der Waals surface area contributed by atoms with Crippen molar-refractivity contribution in [3.63, 3.8) is 0 Å². The van der Waals surface area contributed by atoms with Crippen LogP contribution in [0.5, 0.6) is 0 Å². The number of benzene rings is 2. The maximum Gasteiger partial charge on any atom is 0.363 e. The van der Waals surface area contributed by atoms with Gasteiger partial charge in [0.2, 0.25) is 5.90 Å². The van der Waals surface area contributed by atoms with Crippen LogP contribution in [0.4, 0.5) is 4.39 Å². The number of aryl methyl sites for hydroxylation is 1. The monoisotopic (exact) mass is 395 g/mol. The number of halogens is 2. The topological polar surface area (TPSA) is 56.5 Å². The van der Waals surface area contributed by atoms with Gasteiger partial charge in [-0.3, -0.25) is 0 Å². The molecule has 1 aliphatic heterocycles. The first kappa shape index (κ1) is 18.1. The zero-order valence-corrected chi connectivity index (χ0v) is 15.7. The van der Waals surface area contributed by atoms with Crippen LogP contribution in [-0.4, -0.2) is 21.6 Å². The van der Waals surface area contributed by atoms with Crippen LogP contribution in [-0.2, 0) is 16.1 Å². The van der Waals surface area contributed by atoms with Gasteiger partial charge in [0.25, 0.3) is 0 Å². The third-order valence-electron chi connectivity index (χ3n) is 4.28. The van der Waals surface area contributed by atoms with Crippen molar-refractivity contribution in [1.82, 2.24) is 9.78 Å². The molecule has 4 rings (SSSR count). The Morgan fingerprint density at radius 1 is 1.14 bits per heavy atom. The number of carbonyl (C=O) groups excluding carboxylic acids is 1. The minimum absolute atomic E-state index is 0.158. The maximum atomic E-state index is 13.1. The standard InChI is InChI=1S/C21H15ClFN3O2/c1-13-17(19(22)26(25-13)12-14-7-9-16(23)10-8-14)11-18-21(27)28-20(24-18)15-5-3-2-4-6-15/h2-11H,12H2,1H3. The number of hydrogen-bond acceptors (Lipinski definition) is 4. The summed E-state index contributed by atoms with van der Waals surface area (Å²) in [7, 11) is 0. The number of ether oxygens (including phenoxy) is 1. The Bertz CT molecular complexity index is 1100. The molecular formula is C21H15ClFN3O2. The third kappa shape index (κ3) is 3.59. The number of hydrogen-bond donors (Lipinski definition) is 0. The van der Waals surface area contributed by atoms with E-state index in [1.54, 1.807) is 29.8 Å². The summed E-state index contributed by atoms with van der Waals surface area (Å²) in [6.45, 7) is 2.17. The Morgan fingerprint density at radius 2 is 1.86 bits per heavy atom. The summed E-state index contributed by atoms with van der Waals surface area (Å²) >= 11 is 6.47. The van der Waals surface area contributed by atoms with E-state index in [2.05, 4.69) is 10.1 Å². The predicted molar refractivity (Wildman–Crippen MR) is 105 cm³/mol. The normalized spacial score (nSPS) is 15.0. The summed E-state index contributed by atoms with van der Waals surface area (Å²) in [5.41, 5.74) is 2.97. The van der Waals surface area contributed by atoms with Gasteiger partial charge in [-0.15, -0.1) is 0 Å². The van der Waals surface area contributed by atoms with Crippen LogP contribution in [0.1, 0.15) is 22.4 Å². The summed E-state index contributed by atoms with van der Waals surface area (Å²) in [5.74, 6) is -0.589. The molecule has 2 heterocycles. The Morgan fingerprint density at radius 3 is 2.57 bits per heavy atom. The highest BCUT2D eigenvalue weighted by atomic mass is 35.5. The van der Waals surface area contributed by atoms with E-state index in [0.717, 1.165) is 5.56 Å². The minimum Gasteiger partial charge on any atom is -0.402 e. The van der Waals surface area contributed by atoms with Gasteiger partial charge in [0.1, 0.15) is 11.0 Å². The fourth-order valence-electron chi connectivity index (χ4n) is 2.85. The van der Waals surface area contributed by atoms with E-state index in [-0.39, 0.29) is 17.4 Å². The van der Waals surface area contributed by atoms with Crippen molar-refractivity contribution >= 4 is 29.5 Å². The molecule has 0 atom stereocenters. The maximum absolute atomic E-state index is 13.1. The van der Waals surface area contributed by atoms with Crippen molar-refractivity contribution < 1.29 is 13.9 Å². The zero-order chi connectivity index (χ0) is 19.7. The lowest BCUT2D eigenvalue weighted by Gasteiger charge is -2.03. The van der Waals surface area contributed by atoms with Gasteiger partial charge in [-0.05, 0) is 42.8 Å². The Labute approximate surface area is 165 Å². The second kappa shape index (κ2) is 7.40. The molecular weight excluding hydrogens is 381 g/mol. The van der Waals surface area contributed by atoms with E-state index in [0.29, 0.717) is 28.5 Å². The molecule has 7 heteroatoms. The van der Waals surface area contributed by atoms with Crippen molar-refractivity contribution in [3.05, 3.63) is 93.6 Å². The summed E-state index contributed by atoms with van der Waals surface area (Å²) < 4.78 is 19.9. The number of cyclic esters (lactones) is 1. The van der Waals surface area contributed by atoms with E-state index in [9.17, 15) is 9.18 Å². The first-order chi connectivity index (χ1) is 13.5. The van der Waals surface area contributed by atoms with E-state index in [4.69, 9.17) is 16.3 Å². The van der Waals surface area contributed by atoms with Crippen molar-refractivity contribution in [1.29, 1.82) is 0 Å². The lowest BCUT2D eigenvalue weighted by Crippen LogP contribution is -2.05. The molecule has 0 amide bonds. The van der Waals surface area contributed by atoms with Crippen molar-refractivity contribution in [2.24, 2.45) is 4.99 Å². The fraction of sp³-hybridized carbons (Fsp3) is 0.0952. The first-order valence-corrected chi connectivity index (χ1v) is 8.94. The highest BCUT2D eigenvalue weighted by molar-refractivity contribution is 6.31. The van der Waals surface area contributed by atoms with Crippen LogP contribution in [0.3, 0.4) is 0 Å². The first-order valence-electron chi connectivity index (χ1n) is 8.56. The molecule has 5 nitrogen and oxygen atoms in total. The Balaban J connectivity index is 1.64. The van der Waals surface area contributed by atoms with Crippen LogP contribution >= 0.6 is 11.6 Å². The molecule has 140 valence electrons. The third-order valence-corrected chi connectivity index (χ3v) is 4.68. The van der Waals surface area contributed by atoms with E-state index in [1.165, 1.54) is 12.1 Å². The molecule has 0 radical (unpaired) electrons. The SMILES string of the molecule is Cc1nn(Cc2ccc(F)cc2)c(Cl)c1C=C1N=C(c2ccccc2)OC1=O. The van der Waals surface area contributed by atoms with Crippen LogP contribution in [0.15, 0.2) is 65.3 Å². The molecule has 0 saturated carbocycles.